The van der Waals surface area contributed by atoms with E-state index in [9.17, 15) is 0 Å². The van der Waals surface area contributed by atoms with Crippen LogP contribution in [0.1, 0.15) is 41.6 Å². The van der Waals surface area contributed by atoms with Crippen LogP contribution in [-0.2, 0) is 12.8 Å². The zero-order valence-corrected chi connectivity index (χ0v) is 14.6. The lowest BCUT2D eigenvalue weighted by atomic mass is 10.0. The van der Waals surface area contributed by atoms with E-state index >= 15 is 0 Å². The Kier molecular flexibility index (Phi) is 6.27. The first-order valence-electron chi connectivity index (χ1n) is 7.29. The van der Waals surface area contributed by atoms with E-state index < -0.39 is 0 Å². The minimum Gasteiger partial charge on any atom is -0.310 e. The first-order valence-corrected chi connectivity index (χ1v) is 8.90. The molecule has 2 rings (SSSR count). The van der Waals surface area contributed by atoms with Crippen LogP contribution in [-0.4, -0.2) is 6.54 Å². The van der Waals surface area contributed by atoms with Gasteiger partial charge in [0.15, 0.2) is 0 Å². The standard InChI is InChI=1S/C17H22BrNS/c1-3-11-19-17(13-5-7-14(18)8-6-13)12-16-10-9-15(4-2)20-16/h5-10,17,19H,3-4,11-12H2,1-2H3. The van der Waals surface area contributed by atoms with Crippen molar-refractivity contribution in [1.82, 2.24) is 5.32 Å². The summed E-state index contributed by atoms with van der Waals surface area (Å²) in [6.45, 7) is 5.50. The van der Waals surface area contributed by atoms with E-state index in [-0.39, 0.29) is 0 Å². The van der Waals surface area contributed by atoms with Gasteiger partial charge in [-0.15, -0.1) is 11.3 Å². The molecule has 0 amide bonds. The van der Waals surface area contributed by atoms with E-state index in [0.29, 0.717) is 6.04 Å². The van der Waals surface area contributed by atoms with Crippen LogP contribution in [0.3, 0.4) is 0 Å². The van der Waals surface area contributed by atoms with Gasteiger partial charge in [0.1, 0.15) is 0 Å². The van der Waals surface area contributed by atoms with Gasteiger partial charge in [-0.1, -0.05) is 41.9 Å². The van der Waals surface area contributed by atoms with Crippen molar-refractivity contribution < 1.29 is 0 Å². The largest absolute Gasteiger partial charge is 0.310 e. The van der Waals surface area contributed by atoms with Gasteiger partial charge in [-0.2, -0.15) is 0 Å². The van der Waals surface area contributed by atoms with Gasteiger partial charge in [-0.05, 0) is 49.2 Å². The molecule has 0 bridgehead atoms. The fourth-order valence-corrected chi connectivity index (χ4v) is 3.51. The first-order chi connectivity index (χ1) is 9.72. The van der Waals surface area contributed by atoms with Crippen LogP contribution < -0.4 is 5.32 Å². The van der Waals surface area contributed by atoms with Crippen LogP contribution in [0.25, 0.3) is 0 Å². The zero-order chi connectivity index (χ0) is 14.4. The topological polar surface area (TPSA) is 12.0 Å². The lowest BCUT2D eigenvalue weighted by Gasteiger charge is -2.18. The molecule has 1 unspecified atom stereocenters. The highest BCUT2D eigenvalue weighted by molar-refractivity contribution is 9.10. The van der Waals surface area contributed by atoms with Crippen molar-refractivity contribution in [1.29, 1.82) is 0 Å². The van der Waals surface area contributed by atoms with Crippen molar-refractivity contribution in [2.45, 2.75) is 39.2 Å². The number of benzene rings is 1. The van der Waals surface area contributed by atoms with E-state index in [1.54, 1.807) is 0 Å². The quantitative estimate of drug-likeness (QED) is 0.708. The fraction of sp³-hybridized carbons (Fsp3) is 0.412. The molecule has 0 aliphatic heterocycles. The van der Waals surface area contributed by atoms with Gasteiger partial charge >= 0.3 is 0 Å². The van der Waals surface area contributed by atoms with Crippen LogP contribution >= 0.6 is 27.3 Å². The minimum absolute atomic E-state index is 0.409. The molecule has 3 heteroatoms. The summed E-state index contributed by atoms with van der Waals surface area (Å²) >= 11 is 5.45. The molecule has 1 atom stereocenters. The summed E-state index contributed by atoms with van der Waals surface area (Å²) in [5.74, 6) is 0. The van der Waals surface area contributed by atoms with Crippen molar-refractivity contribution in [3.8, 4) is 0 Å². The van der Waals surface area contributed by atoms with Crippen molar-refractivity contribution in [2.75, 3.05) is 6.54 Å². The maximum Gasteiger partial charge on any atom is 0.0368 e. The Labute approximate surface area is 134 Å². The molecule has 0 spiro atoms. The summed E-state index contributed by atoms with van der Waals surface area (Å²) in [7, 11) is 0. The van der Waals surface area contributed by atoms with Gasteiger partial charge in [0.2, 0.25) is 0 Å². The molecular formula is C17H22BrNS. The molecule has 0 aliphatic rings. The van der Waals surface area contributed by atoms with Crippen LogP contribution in [0.5, 0.6) is 0 Å². The molecule has 1 aromatic carbocycles. The molecule has 0 saturated carbocycles. The Bertz CT molecular complexity index is 518. The second-order valence-corrected chi connectivity index (χ2v) is 7.15. The number of aryl methyl sites for hydroxylation is 1. The number of halogens is 1. The predicted molar refractivity (Wildman–Crippen MR) is 92.6 cm³/mol. The van der Waals surface area contributed by atoms with E-state index in [1.807, 2.05) is 11.3 Å². The molecule has 0 saturated heterocycles. The summed E-state index contributed by atoms with van der Waals surface area (Å²) in [6, 6.07) is 13.6. The van der Waals surface area contributed by atoms with Gasteiger partial charge in [-0.25, -0.2) is 0 Å². The SMILES string of the molecule is CCCNC(Cc1ccc(CC)s1)c1ccc(Br)cc1. The average Bonchev–Trinajstić information content (AvgIpc) is 2.92. The van der Waals surface area contributed by atoms with Crippen molar-refractivity contribution >= 4 is 27.3 Å². The summed E-state index contributed by atoms with van der Waals surface area (Å²) in [5.41, 5.74) is 1.37. The average molecular weight is 352 g/mol. The van der Waals surface area contributed by atoms with Crippen LogP contribution in [0.2, 0.25) is 0 Å². The Hall–Kier alpha value is -0.640. The number of thiophene rings is 1. The third-order valence-corrected chi connectivity index (χ3v) is 5.16. The summed E-state index contributed by atoms with van der Waals surface area (Å²) in [4.78, 5) is 2.95. The third kappa shape index (κ3) is 4.44. The van der Waals surface area contributed by atoms with Gasteiger partial charge in [-0.3, -0.25) is 0 Å². The molecule has 2 aromatic rings. The number of nitrogens with one attached hydrogen (secondary N) is 1. The predicted octanol–water partition coefficient (Wildman–Crippen LogP) is 5.36. The molecule has 1 aromatic heterocycles. The smallest absolute Gasteiger partial charge is 0.0368 e. The minimum atomic E-state index is 0.409. The van der Waals surface area contributed by atoms with Gasteiger partial charge in [0.25, 0.3) is 0 Å². The second-order valence-electron chi connectivity index (χ2n) is 4.98. The number of hydrogen-bond acceptors (Lipinski definition) is 2. The highest BCUT2D eigenvalue weighted by Gasteiger charge is 2.12. The van der Waals surface area contributed by atoms with Gasteiger partial charge in [0.05, 0.1) is 0 Å². The van der Waals surface area contributed by atoms with Crippen molar-refractivity contribution in [2.24, 2.45) is 0 Å². The van der Waals surface area contributed by atoms with E-state index in [2.05, 4.69) is 71.5 Å². The Morgan fingerprint density at radius 3 is 2.35 bits per heavy atom. The molecule has 0 radical (unpaired) electrons. The van der Waals surface area contributed by atoms with E-state index in [0.717, 1.165) is 30.3 Å². The summed E-state index contributed by atoms with van der Waals surface area (Å²) < 4.78 is 1.14. The monoisotopic (exact) mass is 351 g/mol. The molecule has 0 fully saturated rings. The normalized spacial score (nSPS) is 12.6. The lowest BCUT2D eigenvalue weighted by molar-refractivity contribution is 0.532. The Morgan fingerprint density at radius 2 is 1.75 bits per heavy atom. The van der Waals surface area contributed by atoms with Crippen molar-refractivity contribution in [3.05, 3.63) is 56.2 Å². The van der Waals surface area contributed by atoms with E-state index in [1.165, 1.54) is 15.3 Å². The molecule has 1 heterocycles. The molecule has 0 aliphatic carbocycles. The van der Waals surface area contributed by atoms with Gasteiger partial charge < -0.3 is 5.32 Å². The number of rotatable bonds is 7. The zero-order valence-electron chi connectivity index (χ0n) is 12.2. The summed E-state index contributed by atoms with van der Waals surface area (Å²) in [5, 5.41) is 3.67. The molecule has 20 heavy (non-hydrogen) atoms. The number of hydrogen-bond donors (Lipinski definition) is 1. The maximum absolute atomic E-state index is 3.67. The van der Waals surface area contributed by atoms with Crippen LogP contribution in [0.4, 0.5) is 0 Å². The summed E-state index contributed by atoms with van der Waals surface area (Å²) in [6.07, 6.45) is 3.37. The highest BCUT2D eigenvalue weighted by atomic mass is 79.9. The Balaban J connectivity index is 2.12. The highest BCUT2D eigenvalue weighted by Crippen LogP contribution is 2.25. The third-order valence-electron chi connectivity index (χ3n) is 3.38. The van der Waals surface area contributed by atoms with Crippen LogP contribution in [0.15, 0.2) is 40.9 Å². The molecule has 108 valence electrons. The fourth-order valence-electron chi connectivity index (χ4n) is 2.24. The Morgan fingerprint density at radius 1 is 1.05 bits per heavy atom. The molecule has 1 nitrogen and oxygen atoms in total. The second kappa shape index (κ2) is 7.96. The van der Waals surface area contributed by atoms with Crippen LogP contribution in [0, 0.1) is 0 Å². The molecular weight excluding hydrogens is 330 g/mol. The van der Waals surface area contributed by atoms with E-state index in [4.69, 9.17) is 0 Å². The van der Waals surface area contributed by atoms with Gasteiger partial charge in [0, 0.05) is 26.7 Å². The van der Waals surface area contributed by atoms with Crippen molar-refractivity contribution in [3.63, 3.8) is 0 Å². The lowest BCUT2D eigenvalue weighted by Crippen LogP contribution is -2.23. The first kappa shape index (κ1) is 15.7. The maximum atomic E-state index is 3.67. The molecule has 1 N–H and O–H groups in total.